The third kappa shape index (κ3) is 5.45. The third-order valence-corrected chi connectivity index (χ3v) is 5.30. The molecule has 1 rings (SSSR count). The number of rotatable bonds is 5. The van der Waals surface area contributed by atoms with E-state index in [1.54, 1.807) is 0 Å². The van der Waals surface area contributed by atoms with Crippen LogP contribution in [0.4, 0.5) is 0 Å². The Balaban J connectivity index is 2.63. The van der Waals surface area contributed by atoms with E-state index in [1.807, 2.05) is 0 Å². The maximum Gasteiger partial charge on any atom is 0.00966 e. The first-order valence-corrected chi connectivity index (χ1v) is 8.49. The molecule has 0 amide bonds. The van der Waals surface area contributed by atoms with E-state index in [-0.39, 0.29) is 5.54 Å². The molecule has 19 heavy (non-hydrogen) atoms. The lowest BCUT2D eigenvalue weighted by molar-refractivity contribution is 0.0973. The van der Waals surface area contributed by atoms with Crippen molar-refractivity contribution < 1.29 is 0 Å². The van der Waals surface area contributed by atoms with Crippen molar-refractivity contribution in [1.29, 1.82) is 0 Å². The van der Waals surface area contributed by atoms with E-state index in [0.717, 1.165) is 29.6 Å². The van der Waals surface area contributed by atoms with Crippen LogP contribution in [0.3, 0.4) is 0 Å². The number of hydrogen-bond donors (Lipinski definition) is 1. The van der Waals surface area contributed by atoms with Gasteiger partial charge in [0.05, 0.1) is 0 Å². The Morgan fingerprint density at radius 1 is 1.11 bits per heavy atom. The van der Waals surface area contributed by atoms with Gasteiger partial charge in [0.2, 0.25) is 0 Å². The molecule has 0 aromatic heterocycles. The van der Waals surface area contributed by atoms with Gasteiger partial charge in [-0.25, -0.2) is 0 Å². The Kier molecular flexibility index (Phi) is 6.36. The van der Waals surface area contributed by atoms with E-state index < -0.39 is 0 Å². The van der Waals surface area contributed by atoms with Crippen molar-refractivity contribution in [2.75, 3.05) is 6.54 Å². The van der Waals surface area contributed by atoms with Crippen LogP contribution in [0.25, 0.3) is 0 Å². The Labute approximate surface area is 121 Å². The minimum Gasteiger partial charge on any atom is -0.312 e. The molecule has 1 N–H and O–H groups in total. The maximum absolute atomic E-state index is 3.74. The molecule has 1 fully saturated rings. The lowest BCUT2D eigenvalue weighted by Crippen LogP contribution is -2.43. The van der Waals surface area contributed by atoms with E-state index in [2.05, 4.69) is 53.8 Å². The molecule has 0 radical (unpaired) electrons. The average Bonchev–Trinajstić information content (AvgIpc) is 2.34. The van der Waals surface area contributed by atoms with Crippen LogP contribution >= 0.6 is 0 Å². The monoisotopic (exact) mass is 267 g/mol. The molecule has 0 aromatic carbocycles. The molecule has 0 heterocycles. The highest BCUT2D eigenvalue weighted by atomic mass is 14.9. The van der Waals surface area contributed by atoms with Crippen LogP contribution in [-0.4, -0.2) is 12.1 Å². The Morgan fingerprint density at radius 2 is 1.74 bits per heavy atom. The van der Waals surface area contributed by atoms with E-state index in [9.17, 15) is 0 Å². The first kappa shape index (κ1) is 17.0. The fourth-order valence-corrected chi connectivity index (χ4v) is 3.60. The summed E-state index contributed by atoms with van der Waals surface area (Å²) >= 11 is 0. The topological polar surface area (TPSA) is 12.0 Å². The standard InChI is InChI=1S/C18H37N/c1-8-14(4)17-11-15(13(2)3)9-10-16(17)12-19-18(5,6)7/h13-17,19H,8-12H2,1-7H3. The summed E-state index contributed by atoms with van der Waals surface area (Å²) in [5, 5.41) is 3.74. The second-order valence-electron chi connectivity index (χ2n) is 8.26. The molecular formula is C18H37N. The number of hydrogen-bond acceptors (Lipinski definition) is 1. The first-order valence-electron chi connectivity index (χ1n) is 8.49. The molecule has 1 nitrogen and oxygen atoms in total. The molecule has 0 spiro atoms. The lowest BCUT2D eigenvalue weighted by atomic mass is 9.66. The summed E-state index contributed by atoms with van der Waals surface area (Å²) < 4.78 is 0. The Hall–Kier alpha value is -0.0400. The van der Waals surface area contributed by atoms with Gasteiger partial charge in [-0.05, 0) is 76.2 Å². The van der Waals surface area contributed by atoms with Crippen LogP contribution in [0.2, 0.25) is 0 Å². The molecule has 1 saturated carbocycles. The molecule has 0 saturated heterocycles. The SMILES string of the molecule is CCC(C)C1CC(C(C)C)CCC1CNC(C)(C)C. The summed E-state index contributed by atoms with van der Waals surface area (Å²) in [6, 6.07) is 0. The molecular weight excluding hydrogens is 230 g/mol. The van der Waals surface area contributed by atoms with Gasteiger partial charge in [-0.1, -0.05) is 34.1 Å². The zero-order valence-corrected chi connectivity index (χ0v) is 14.4. The second-order valence-corrected chi connectivity index (χ2v) is 8.26. The van der Waals surface area contributed by atoms with E-state index in [0.29, 0.717) is 0 Å². The van der Waals surface area contributed by atoms with Gasteiger partial charge >= 0.3 is 0 Å². The van der Waals surface area contributed by atoms with Gasteiger partial charge in [-0.2, -0.15) is 0 Å². The van der Waals surface area contributed by atoms with Crippen LogP contribution in [0, 0.1) is 29.6 Å². The van der Waals surface area contributed by atoms with Crippen molar-refractivity contribution in [3.63, 3.8) is 0 Å². The summed E-state index contributed by atoms with van der Waals surface area (Å²) in [5.41, 5.74) is 0.259. The van der Waals surface area contributed by atoms with E-state index in [4.69, 9.17) is 0 Å². The molecule has 114 valence electrons. The summed E-state index contributed by atoms with van der Waals surface area (Å²) in [5.74, 6) is 4.53. The van der Waals surface area contributed by atoms with Gasteiger partial charge < -0.3 is 5.32 Å². The van der Waals surface area contributed by atoms with Gasteiger partial charge in [0.15, 0.2) is 0 Å². The molecule has 1 aliphatic carbocycles. The minimum atomic E-state index is 0.259. The maximum atomic E-state index is 3.74. The van der Waals surface area contributed by atoms with Crippen molar-refractivity contribution in [2.45, 2.75) is 79.7 Å². The average molecular weight is 268 g/mol. The first-order chi connectivity index (χ1) is 8.74. The predicted octanol–water partition coefficient (Wildman–Crippen LogP) is 5.11. The fourth-order valence-electron chi connectivity index (χ4n) is 3.60. The Bertz CT molecular complexity index is 251. The van der Waals surface area contributed by atoms with Gasteiger partial charge in [0, 0.05) is 5.54 Å². The van der Waals surface area contributed by atoms with Crippen LogP contribution in [-0.2, 0) is 0 Å². The second kappa shape index (κ2) is 7.11. The van der Waals surface area contributed by atoms with Gasteiger partial charge in [0.1, 0.15) is 0 Å². The van der Waals surface area contributed by atoms with E-state index >= 15 is 0 Å². The summed E-state index contributed by atoms with van der Waals surface area (Å²) in [6.07, 6.45) is 5.67. The van der Waals surface area contributed by atoms with Gasteiger partial charge in [0.25, 0.3) is 0 Å². The zero-order chi connectivity index (χ0) is 14.6. The largest absolute Gasteiger partial charge is 0.312 e. The molecule has 0 bridgehead atoms. The third-order valence-electron chi connectivity index (χ3n) is 5.30. The van der Waals surface area contributed by atoms with Crippen molar-refractivity contribution in [1.82, 2.24) is 5.32 Å². The van der Waals surface area contributed by atoms with Crippen LogP contribution < -0.4 is 5.32 Å². The van der Waals surface area contributed by atoms with Crippen LogP contribution in [0.15, 0.2) is 0 Å². The molecule has 0 aliphatic heterocycles. The number of nitrogens with one attached hydrogen (secondary N) is 1. The normalized spacial score (nSPS) is 30.6. The highest BCUT2D eigenvalue weighted by Gasteiger charge is 2.34. The molecule has 4 unspecified atom stereocenters. The minimum absolute atomic E-state index is 0.259. The highest BCUT2D eigenvalue weighted by Crippen LogP contribution is 2.41. The smallest absolute Gasteiger partial charge is 0.00966 e. The quantitative estimate of drug-likeness (QED) is 0.730. The van der Waals surface area contributed by atoms with Crippen LogP contribution in [0.1, 0.15) is 74.1 Å². The molecule has 1 heteroatoms. The fraction of sp³-hybridized carbons (Fsp3) is 1.00. The van der Waals surface area contributed by atoms with E-state index in [1.165, 1.54) is 32.2 Å². The van der Waals surface area contributed by atoms with Crippen molar-refractivity contribution >= 4 is 0 Å². The molecule has 1 aliphatic rings. The van der Waals surface area contributed by atoms with Gasteiger partial charge in [-0.15, -0.1) is 0 Å². The highest BCUT2D eigenvalue weighted by molar-refractivity contribution is 4.86. The van der Waals surface area contributed by atoms with Crippen molar-refractivity contribution in [2.24, 2.45) is 29.6 Å². The van der Waals surface area contributed by atoms with Crippen molar-refractivity contribution in [3.05, 3.63) is 0 Å². The molecule has 4 atom stereocenters. The lowest BCUT2D eigenvalue weighted by Gasteiger charge is -2.42. The summed E-state index contributed by atoms with van der Waals surface area (Å²) in [7, 11) is 0. The summed E-state index contributed by atoms with van der Waals surface area (Å²) in [6.45, 7) is 17.7. The van der Waals surface area contributed by atoms with Gasteiger partial charge in [-0.3, -0.25) is 0 Å². The van der Waals surface area contributed by atoms with Crippen LogP contribution in [0.5, 0.6) is 0 Å². The van der Waals surface area contributed by atoms with Crippen molar-refractivity contribution in [3.8, 4) is 0 Å². The Morgan fingerprint density at radius 3 is 2.21 bits per heavy atom. The molecule has 0 aromatic rings. The summed E-state index contributed by atoms with van der Waals surface area (Å²) in [4.78, 5) is 0. The zero-order valence-electron chi connectivity index (χ0n) is 14.4. The predicted molar refractivity (Wildman–Crippen MR) is 86.4 cm³/mol.